The summed E-state index contributed by atoms with van der Waals surface area (Å²) in [5.41, 5.74) is 7.75. The van der Waals surface area contributed by atoms with Crippen molar-refractivity contribution in [3.63, 3.8) is 0 Å². The molecule has 0 fully saturated rings. The molecule has 0 radical (unpaired) electrons. The summed E-state index contributed by atoms with van der Waals surface area (Å²) in [5.74, 6) is 0.777. The summed E-state index contributed by atoms with van der Waals surface area (Å²) in [5, 5.41) is 17.7. The van der Waals surface area contributed by atoms with Crippen LogP contribution in [0.4, 0.5) is 0 Å². The number of imidazole rings is 1. The quantitative estimate of drug-likeness (QED) is 0.569. The molecule has 1 amide bonds. The van der Waals surface area contributed by atoms with Crippen LogP contribution in [0.3, 0.4) is 0 Å². The average molecular weight is 354 g/mol. The van der Waals surface area contributed by atoms with Gasteiger partial charge < -0.3 is 25.0 Å². The molecule has 2 aromatic heterocycles. The van der Waals surface area contributed by atoms with Crippen LogP contribution in [-0.2, 0) is 6.54 Å². The highest BCUT2D eigenvalue weighted by molar-refractivity contribution is 6.33. The first-order valence-electron chi connectivity index (χ1n) is 8.14. The van der Waals surface area contributed by atoms with Gasteiger partial charge in [0, 0.05) is 12.5 Å². The van der Waals surface area contributed by atoms with Crippen molar-refractivity contribution in [2.24, 2.45) is 5.73 Å². The third kappa shape index (κ3) is 3.68. The molecule has 9 heteroatoms. The fourth-order valence-corrected chi connectivity index (χ4v) is 2.75. The maximum absolute atomic E-state index is 11.3. The number of pyridine rings is 1. The number of hydrogen-bond acceptors (Lipinski definition) is 6. The molecular weight excluding hydrogens is 335 g/mol. The third-order valence-corrected chi connectivity index (χ3v) is 3.92. The Kier molecular flexibility index (Phi) is 4.92. The van der Waals surface area contributed by atoms with Crippen LogP contribution in [0.2, 0.25) is 0 Å². The Hall–Kier alpha value is -2.91. The number of aromatic nitrogens is 3. The second kappa shape index (κ2) is 7.15. The number of carbonyl (C=O) groups is 1. The second-order valence-electron chi connectivity index (χ2n) is 6.20. The van der Waals surface area contributed by atoms with Gasteiger partial charge in [0.05, 0.1) is 5.52 Å². The van der Waals surface area contributed by atoms with Crippen molar-refractivity contribution in [1.29, 1.82) is 0 Å². The van der Waals surface area contributed by atoms with E-state index in [0.717, 1.165) is 16.9 Å². The van der Waals surface area contributed by atoms with Crippen LogP contribution in [0.25, 0.3) is 11.2 Å². The minimum absolute atomic E-state index is 0.161. The van der Waals surface area contributed by atoms with Gasteiger partial charge in [-0.15, -0.1) is 0 Å². The molecule has 4 N–H and O–H groups in total. The van der Waals surface area contributed by atoms with Crippen LogP contribution < -0.4 is 10.4 Å². The number of benzene rings is 1. The lowest BCUT2D eigenvalue weighted by Gasteiger charge is -2.12. The van der Waals surface area contributed by atoms with E-state index in [-0.39, 0.29) is 11.6 Å². The SMILES string of the molecule is CC(C)c1nc2nc(C(N)=O)ccc2n1Cc1ccc(OB(O)O)cc1. The molecule has 2 heterocycles. The molecule has 0 unspecified atom stereocenters. The van der Waals surface area contributed by atoms with Gasteiger partial charge in [0.1, 0.15) is 17.3 Å². The van der Waals surface area contributed by atoms with E-state index in [0.29, 0.717) is 17.9 Å². The molecule has 0 saturated carbocycles. The molecule has 0 spiro atoms. The first-order chi connectivity index (χ1) is 12.3. The van der Waals surface area contributed by atoms with Crippen molar-refractivity contribution in [3.8, 4) is 5.75 Å². The minimum atomic E-state index is -1.85. The van der Waals surface area contributed by atoms with Gasteiger partial charge in [-0.3, -0.25) is 4.79 Å². The van der Waals surface area contributed by atoms with Gasteiger partial charge in [-0.1, -0.05) is 26.0 Å². The van der Waals surface area contributed by atoms with Gasteiger partial charge >= 0.3 is 7.32 Å². The Labute approximate surface area is 150 Å². The summed E-state index contributed by atoms with van der Waals surface area (Å²) in [6.07, 6.45) is 0. The molecule has 0 saturated heterocycles. The molecule has 0 aliphatic rings. The molecular formula is C17H19BN4O4. The molecule has 1 aromatic carbocycles. The highest BCUT2D eigenvalue weighted by atomic mass is 16.6. The first kappa shape index (κ1) is 17.9. The number of nitrogens with zero attached hydrogens (tertiary/aromatic N) is 3. The largest absolute Gasteiger partial charge is 0.707 e. The summed E-state index contributed by atoms with van der Waals surface area (Å²) in [6, 6.07) is 10.4. The molecule has 134 valence electrons. The lowest BCUT2D eigenvalue weighted by Crippen LogP contribution is -2.20. The zero-order valence-corrected chi connectivity index (χ0v) is 14.5. The molecule has 8 nitrogen and oxygen atoms in total. The fraction of sp³-hybridized carbons (Fsp3) is 0.235. The highest BCUT2D eigenvalue weighted by Crippen LogP contribution is 2.23. The Balaban J connectivity index is 1.97. The Morgan fingerprint density at radius 3 is 2.46 bits per heavy atom. The van der Waals surface area contributed by atoms with Crippen molar-refractivity contribution in [2.45, 2.75) is 26.3 Å². The highest BCUT2D eigenvalue weighted by Gasteiger charge is 2.17. The lowest BCUT2D eigenvalue weighted by atomic mass is 10.1. The fourth-order valence-electron chi connectivity index (χ4n) is 2.75. The average Bonchev–Trinajstić information content (AvgIpc) is 2.94. The van der Waals surface area contributed by atoms with E-state index < -0.39 is 13.2 Å². The normalized spacial score (nSPS) is 11.1. The predicted octanol–water partition coefficient (Wildman–Crippen LogP) is 1.05. The zero-order valence-electron chi connectivity index (χ0n) is 14.5. The summed E-state index contributed by atoms with van der Waals surface area (Å²) in [7, 11) is -1.85. The monoisotopic (exact) mass is 354 g/mol. The van der Waals surface area contributed by atoms with Crippen molar-refractivity contribution in [1.82, 2.24) is 14.5 Å². The maximum atomic E-state index is 11.3. The topological polar surface area (TPSA) is 123 Å². The summed E-state index contributed by atoms with van der Waals surface area (Å²) in [4.78, 5) is 20.2. The van der Waals surface area contributed by atoms with Gasteiger partial charge in [0.15, 0.2) is 5.65 Å². The van der Waals surface area contributed by atoms with Crippen LogP contribution in [0.1, 0.15) is 41.6 Å². The van der Waals surface area contributed by atoms with Crippen molar-refractivity contribution >= 4 is 24.4 Å². The van der Waals surface area contributed by atoms with Crippen molar-refractivity contribution in [3.05, 3.63) is 53.5 Å². The third-order valence-electron chi connectivity index (χ3n) is 3.92. The van der Waals surface area contributed by atoms with E-state index in [1.165, 1.54) is 0 Å². The first-order valence-corrected chi connectivity index (χ1v) is 8.14. The number of carbonyl (C=O) groups excluding carboxylic acids is 1. The van der Waals surface area contributed by atoms with E-state index >= 15 is 0 Å². The van der Waals surface area contributed by atoms with E-state index in [1.54, 1.807) is 24.3 Å². The van der Waals surface area contributed by atoms with Gasteiger partial charge in [0.2, 0.25) is 0 Å². The summed E-state index contributed by atoms with van der Waals surface area (Å²) < 4.78 is 6.85. The molecule has 3 aromatic rings. The van der Waals surface area contributed by atoms with Gasteiger partial charge in [-0.2, -0.15) is 0 Å². The number of nitrogens with two attached hydrogens (primary N) is 1. The van der Waals surface area contributed by atoms with Gasteiger partial charge in [-0.05, 0) is 29.8 Å². The maximum Gasteiger partial charge on any atom is 0.707 e. The van der Waals surface area contributed by atoms with E-state index in [2.05, 4.69) is 9.97 Å². The number of primary amides is 1. The number of rotatable bonds is 6. The number of amides is 1. The smallest absolute Gasteiger partial charge is 0.512 e. The van der Waals surface area contributed by atoms with Crippen molar-refractivity contribution < 1.29 is 19.5 Å². The van der Waals surface area contributed by atoms with E-state index in [1.807, 2.05) is 30.5 Å². The van der Waals surface area contributed by atoms with Gasteiger partial charge in [-0.25, -0.2) is 9.97 Å². The molecule has 0 atom stereocenters. The molecule has 0 aliphatic heterocycles. The van der Waals surface area contributed by atoms with Crippen LogP contribution in [-0.4, -0.2) is 37.8 Å². The van der Waals surface area contributed by atoms with Crippen LogP contribution in [0, 0.1) is 0 Å². The Bertz CT molecular complexity index is 938. The predicted molar refractivity (Wildman–Crippen MR) is 96.5 cm³/mol. The zero-order chi connectivity index (χ0) is 18.8. The van der Waals surface area contributed by atoms with E-state index in [4.69, 9.17) is 20.4 Å². The number of hydrogen-bond donors (Lipinski definition) is 3. The standard InChI is InChI=1S/C17H19BN4O4/c1-10(2)17-21-16-14(8-7-13(20-16)15(19)23)22(17)9-11-3-5-12(6-4-11)26-18(24)25/h3-8,10,24-25H,9H2,1-2H3,(H2,19,23). The lowest BCUT2D eigenvalue weighted by molar-refractivity contribution is 0.0996. The Morgan fingerprint density at radius 1 is 1.19 bits per heavy atom. The number of fused-ring (bicyclic) bond motifs is 1. The Morgan fingerprint density at radius 2 is 1.88 bits per heavy atom. The van der Waals surface area contributed by atoms with Crippen LogP contribution >= 0.6 is 0 Å². The minimum Gasteiger partial charge on any atom is -0.512 e. The van der Waals surface area contributed by atoms with Crippen molar-refractivity contribution in [2.75, 3.05) is 0 Å². The second-order valence-corrected chi connectivity index (χ2v) is 6.20. The van der Waals surface area contributed by atoms with Crippen LogP contribution in [0.15, 0.2) is 36.4 Å². The van der Waals surface area contributed by atoms with Crippen LogP contribution in [0.5, 0.6) is 5.75 Å². The molecule has 3 rings (SSSR count). The molecule has 0 aliphatic carbocycles. The van der Waals surface area contributed by atoms with Gasteiger partial charge in [0.25, 0.3) is 5.91 Å². The summed E-state index contributed by atoms with van der Waals surface area (Å²) >= 11 is 0. The molecule has 26 heavy (non-hydrogen) atoms. The summed E-state index contributed by atoms with van der Waals surface area (Å²) in [6.45, 7) is 4.61. The molecule has 0 bridgehead atoms. The van der Waals surface area contributed by atoms with E-state index in [9.17, 15) is 4.79 Å².